The average molecular weight is 594 g/mol. The third-order valence-corrected chi connectivity index (χ3v) is 9.46. The van der Waals surface area contributed by atoms with Crippen molar-refractivity contribution in [3.05, 3.63) is 0 Å². The van der Waals surface area contributed by atoms with Crippen LogP contribution in [0.2, 0.25) is 0 Å². The number of methoxy groups -OCH3 is 1. The van der Waals surface area contributed by atoms with Gasteiger partial charge in [0.05, 0.1) is 7.11 Å². The number of nitrogens with one attached hydrogen (secondary N) is 1. The van der Waals surface area contributed by atoms with Crippen LogP contribution in [0.3, 0.4) is 0 Å². The molecule has 4 heteroatoms. The summed E-state index contributed by atoms with van der Waals surface area (Å²) in [4.78, 5) is 22.8. The summed E-state index contributed by atoms with van der Waals surface area (Å²) in [6.45, 7) is 4.63. The second kappa shape index (κ2) is 32.8. The van der Waals surface area contributed by atoms with Crippen LogP contribution < -0.4 is 5.32 Å². The van der Waals surface area contributed by atoms with E-state index in [-0.39, 0.29) is 11.9 Å². The molecule has 0 saturated heterocycles. The van der Waals surface area contributed by atoms with Gasteiger partial charge in [-0.2, -0.15) is 0 Å². The lowest BCUT2D eigenvalue weighted by atomic mass is 9.78. The maximum atomic E-state index is 11.4. The Morgan fingerprint density at radius 1 is 0.476 bits per heavy atom. The number of ether oxygens (including phenoxy) is 1. The lowest BCUT2D eigenvalue weighted by Crippen LogP contribution is -2.16. The molecule has 0 spiro atoms. The van der Waals surface area contributed by atoms with Crippen LogP contribution in [0.4, 0.5) is 0 Å². The molecule has 4 nitrogen and oxygen atoms in total. The third-order valence-electron chi connectivity index (χ3n) is 9.46. The van der Waals surface area contributed by atoms with E-state index in [0.29, 0.717) is 12.8 Å². The van der Waals surface area contributed by atoms with Gasteiger partial charge >= 0.3 is 5.97 Å². The van der Waals surface area contributed by atoms with Crippen LogP contribution in [0.15, 0.2) is 0 Å². The van der Waals surface area contributed by atoms with Crippen LogP contribution in [0, 0.1) is 11.8 Å². The Kier molecular flexibility index (Phi) is 32.0. The van der Waals surface area contributed by atoms with Crippen LogP contribution in [-0.4, -0.2) is 26.0 Å². The van der Waals surface area contributed by atoms with Crippen LogP contribution >= 0.6 is 0 Å². The highest BCUT2D eigenvalue weighted by Gasteiger charge is 2.20. The monoisotopic (exact) mass is 594 g/mol. The fraction of sp³-hybridized carbons (Fsp3) is 0.947. The first-order valence-corrected chi connectivity index (χ1v) is 18.9. The van der Waals surface area contributed by atoms with E-state index in [2.05, 4.69) is 19.2 Å². The molecule has 2 atom stereocenters. The lowest BCUT2D eigenvalue weighted by Gasteiger charge is -2.28. The number of amides is 1. The summed E-state index contributed by atoms with van der Waals surface area (Å²) in [5.41, 5.74) is 0. The van der Waals surface area contributed by atoms with Crippen molar-refractivity contribution in [1.82, 2.24) is 5.32 Å². The SMILES string of the molecule is CCCCCCCCC(CCCCCCCCC(=O)NC)C(CCCCCCCC)CCCCCCCCC(=O)OC. The van der Waals surface area contributed by atoms with Gasteiger partial charge in [0.1, 0.15) is 0 Å². The minimum Gasteiger partial charge on any atom is -0.469 e. The number of hydrogen-bond acceptors (Lipinski definition) is 3. The van der Waals surface area contributed by atoms with E-state index in [4.69, 9.17) is 4.74 Å². The quantitative estimate of drug-likeness (QED) is 0.0608. The summed E-state index contributed by atoms with van der Waals surface area (Å²) < 4.78 is 4.77. The van der Waals surface area contributed by atoms with Gasteiger partial charge < -0.3 is 10.1 Å². The smallest absolute Gasteiger partial charge is 0.305 e. The highest BCUT2D eigenvalue weighted by molar-refractivity contribution is 5.75. The zero-order valence-corrected chi connectivity index (χ0v) is 29.1. The summed E-state index contributed by atoms with van der Waals surface area (Å²) in [6.07, 6.45) is 38.9. The molecule has 1 amide bonds. The van der Waals surface area contributed by atoms with Crippen molar-refractivity contribution < 1.29 is 14.3 Å². The first kappa shape index (κ1) is 40.9. The van der Waals surface area contributed by atoms with Gasteiger partial charge in [0, 0.05) is 19.9 Å². The highest BCUT2D eigenvalue weighted by Crippen LogP contribution is 2.33. The minimum absolute atomic E-state index is 0.0649. The molecule has 0 aliphatic carbocycles. The molecule has 0 bridgehead atoms. The van der Waals surface area contributed by atoms with Crippen LogP contribution in [-0.2, 0) is 14.3 Å². The summed E-state index contributed by atoms with van der Waals surface area (Å²) >= 11 is 0. The van der Waals surface area contributed by atoms with Crippen molar-refractivity contribution in [2.45, 2.75) is 206 Å². The lowest BCUT2D eigenvalue weighted by molar-refractivity contribution is -0.140. The summed E-state index contributed by atoms with van der Waals surface area (Å²) in [7, 11) is 3.22. The molecule has 0 aromatic carbocycles. The van der Waals surface area contributed by atoms with Gasteiger partial charge in [-0.1, -0.05) is 181 Å². The first-order chi connectivity index (χ1) is 20.6. The minimum atomic E-state index is -0.0649. The Bertz CT molecular complexity index is 529. The fourth-order valence-corrected chi connectivity index (χ4v) is 6.61. The van der Waals surface area contributed by atoms with Crippen molar-refractivity contribution in [2.75, 3.05) is 14.2 Å². The highest BCUT2D eigenvalue weighted by atomic mass is 16.5. The molecule has 0 rings (SSSR count). The number of carbonyl (C=O) groups excluding carboxylic acids is 2. The number of unbranched alkanes of at least 4 members (excludes halogenated alkanes) is 20. The van der Waals surface area contributed by atoms with Crippen LogP contribution in [0.25, 0.3) is 0 Å². The van der Waals surface area contributed by atoms with E-state index < -0.39 is 0 Å². The molecular weight excluding hydrogens is 518 g/mol. The van der Waals surface area contributed by atoms with Crippen LogP contribution in [0.5, 0.6) is 0 Å². The zero-order valence-electron chi connectivity index (χ0n) is 29.1. The van der Waals surface area contributed by atoms with Gasteiger partial charge in [0.15, 0.2) is 0 Å². The molecule has 1 N–H and O–H groups in total. The van der Waals surface area contributed by atoms with E-state index in [1.165, 1.54) is 168 Å². The fourth-order valence-electron chi connectivity index (χ4n) is 6.61. The Hall–Kier alpha value is -1.06. The molecule has 0 fully saturated rings. The van der Waals surface area contributed by atoms with E-state index >= 15 is 0 Å². The van der Waals surface area contributed by atoms with E-state index in [0.717, 1.165) is 31.1 Å². The van der Waals surface area contributed by atoms with Crippen LogP contribution in [0.1, 0.15) is 206 Å². The predicted molar refractivity (Wildman–Crippen MR) is 183 cm³/mol. The Balaban J connectivity index is 4.74. The van der Waals surface area contributed by atoms with Crippen molar-refractivity contribution in [3.8, 4) is 0 Å². The standard InChI is InChI=1S/C38H75NO3/c1-5-7-9-11-17-23-29-35(31-25-19-13-15-21-27-33-37(40)39-3)36(30-24-18-12-10-8-6-2)32-26-20-14-16-22-28-34-38(41)42-4/h35-36H,5-34H2,1-4H3,(H,39,40). The molecule has 0 saturated carbocycles. The van der Waals surface area contributed by atoms with Gasteiger partial charge in [-0.3, -0.25) is 9.59 Å². The van der Waals surface area contributed by atoms with Gasteiger partial charge in [0.2, 0.25) is 5.91 Å². The molecule has 250 valence electrons. The molecule has 0 aromatic rings. The molecule has 2 unspecified atom stereocenters. The zero-order chi connectivity index (χ0) is 30.9. The van der Waals surface area contributed by atoms with Gasteiger partial charge in [-0.25, -0.2) is 0 Å². The Labute approximate surface area is 263 Å². The van der Waals surface area contributed by atoms with Crippen molar-refractivity contribution in [3.63, 3.8) is 0 Å². The van der Waals surface area contributed by atoms with E-state index in [1.54, 1.807) is 7.05 Å². The molecule has 42 heavy (non-hydrogen) atoms. The van der Waals surface area contributed by atoms with Crippen molar-refractivity contribution >= 4 is 11.9 Å². The van der Waals surface area contributed by atoms with Gasteiger partial charge in [-0.05, 0) is 24.7 Å². The van der Waals surface area contributed by atoms with Crippen molar-refractivity contribution in [2.24, 2.45) is 11.8 Å². The number of esters is 1. The first-order valence-electron chi connectivity index (χ1n) is 18.9. The predicted octanol–water partition coefficient (Wildman–Crippen LogP) is 11.9. The number of carbonyl (C=O) groups is 2. The molecule has 0 aromatic heterocycles. The average Bonchev–Trinajstić information content (AvgIpc) is 3.00. The maximum Gasteiger partial charge on any atom is 0.305 e. The maximum absolute atomic E-state index is 11.4. The third kappa shape index (κ3) is 27.8. The summed E-state index contributed by atoms with van der Waals surface area (Å²) in [5.74, 6) is 1.95. The van der Waals surface area contributed by atoms with E-state index in [9.17, 15) is 9.59 Å². The van der Waals surface area contributed by atoms with Gasteiger partial charge in [-0.15, -0.1) is 0 Å². The Morgan fingerprint density at radius 3 is 1.12 bits per heavy atom. The molecule has 0 heterocycles. The Morgan fingerprint density at radius 2 is 0.786 bits per heavy atom. The largest absolute Gasteiger partial charge is 0.469 e. The molecule has 0 radical (unpaired) electrons. The normalized spacial score (nSPS) is 12.8. The number of rotatable bonds is 33. The number of hydrogen-bond donors (Lipinski definition) is 1. The van der Waals surface area contributed by atoms with Gasteiger partial charge in [0.25, 0.3) is 0 Å². The molecular formula is C38H75NO3. The second-order valence-electron chi connectivity index (χ2n) is 13.2. The van der Waals surface area contributed by atoms with Crippen molar-refractivity contribution in [1.29, 1.82) is 0 Å². The summed E-state index contributed by atoms with van der Waals surface area (Å²) in [6, 6.07) is 0. The molecule has 0 aliphatic rings. The second-order valence-corrected chi connectivity index (χ2v) is 13.2. The topological polar surface area (TPSA) is 55.4 Å². The molecule has 0 aliphatic heterocycles. The van der Waals surface area contributed by atoms with E-state index in [1.807, 2.05) is 0 Å². The summed E-state index contributed by atoms with van der Waals surface area (Å²) in [5, 5.41) is 2.74.